The van der Waals surface area contributed by atoms with Crippen molar-refractivity contribution in [3.8, 4) is 5.75 Å². The first kappa shape index (κ1) is 15.0. The van der Waals surface area contributed by atoms with Crippen LogP contribution in [0.2, 0.25) is 0 Å². The highest BCUT2D eigenvalue weighted by Crippen LogP contribution is 2.21. The van der Waals surface area contributed by atoms with Crippen LogP contribution < -0.4 is 4.74 Å². The Hall–Kier alpha value is -1.39. The molecule has 2 atom stereocenters. The standard InChI is InChI=1S/C16H23NO3/c1-11-5-6-14(16(7-11)19-4)15(18)9-17-8-13(3)20-10-12(17)2/h5-7,12-13H,8-10H2,1-4H3. The smallest absolute Gasteiger partial charge is 0.180 e. The van der Waals surface area contributed by atoms with Gasteiger partial charge >= 0.3 is 0 Å². The van der Waals surface area contributed by atoms with E-state index in [4.69, 9.17) is 9.47 Å². The van der Waals surface area contributed by atoms with E-state index in [0.29, 0.717) is 24.5 Å². The number of hydrogen-bond acceptors (Lipinski definition) is 4. The van der Waals surface area contributed by atoms with E-state index in [1.165, 1.54) is 0 Å². The van der Waals surface area contributed by atoms with E-state index in [0.717, 1.165) is 12.1 Å². The molecule has 1 aliphatic heterocycles. The summed E-state index contributed by atoms with van der Waals surface area (Å²) in [6.07, 6.45) is 0.180. The molecular formula is C16H23NO3. The molecule has 0 bridgehead atoms. The number of Topliss-reactive ketones (excluding diaryl/α,β-unsaturated/α-hetero) is 1. The van der Waals surface area contributed by atoms with E-state index in [2.05, 4.69) is 11.8 Å². The molecule has 0 spiro atoms. The van der Waals surface area contributed by atoms with Crippen LogP contribution in [0.3, 0.4) is 0 Å². The Balaban J connectivity index is 2.11. The predicted octanol–water partition coefficient (Wildman–Crippen LogP) is 2.30. The molecule has 0 aromatic heterocycles. The van der Waals surface area contributed by atoms with Crippen LogP contribution in [-0.4, -0.2) is 49.6 Å². The number of carbonyl (C=O) groups is 1. The van der Waals surface area contributed by atoms with Gasteiger partial charge in [-0.05, 0) is 38.5 Å². The van der Waals surface area contributed by atoms with Gasteiger partial charge in [-0.2, -0.15) is 0 Å². The molecule has 1 heterocycles. The molecule has 1 aromatic carbocycles. The molecule has 0 radical (unpaired) electrons. The van der Waals surface area contributed by atoms with Crippen LogP contribution >= 0.6 is 0 Å². The lowest BCUT2D eigenvalue weighted by Crippen LogP contribution is -2.49. The van der Waals surface area contributed by atoms with E-state index >= 15 is 0 Å². The van der Waals surface area contributed by atoms with E-state index < -0.39 is 0 Å². The van der Waals surface area contributed by atoms with Crippen LogP contribution in [0.1, 0.15) is 29.8 Å². The van der Waals surface area contributed by atoms with Crippen LogP contribution in [0.4, 0.5) is 0 Å². The lowest BCUT2D eigenvalue weighted by atomic mass is 10.1. The van der Waals surface area contributed by atoms with Gasteiger partial charge in [-0.1, -0.05) is 6.07 Å². The Kier molecular flexibility index (Phi) is 4.78. The van der Waals surface area contributed by atoms with Crippen molar-refractivity contribution in [1.29, 1.82) is 0 Å². The SMILES string of the molecule is COc1cc(C)ccc1C(=O)CN1CC(C)OCC1C. The van der Waals surface area contributed by atoms with Gasteiger partial charge in [-0.3, -0.25) is 9.69 Å². The summed E-state index contributed by atoms with van der Waals surface area (Å²) >= 11 is 0. The number of benzene rings is 1. The summed E-state index contributed by atoms with van der Waals surface area (Å²) in [4.78, 5) is 14.7. The largest absolute Gasteiger partial charge is 0.496 e. The van der Waals surface area contributed by atoms with Gasteiger partial charge in [0.1, 0.15) is 5.75 Å². The monoisotopic (exact) mass is 277 g/mol. The zero-order valence-corrected chi connectivity index (χ0v) is 12.7. The molecule has 2 rings (SSSR count). The summed E-state index contributed by atoms with van der Waals surface area (Å²) in [5, 5.41) is 0. The van der Waals surface area contributed by atoms with Gasteiger partial charge in [-0.25, -0.2) is 0 Å². The highest BCUT2D eigenvalue weighted by atomic mass is 16.5. The minimum absolute atomic E-state index is 0.0998. The van der Waals surface area contributed by atoms with E-state index in [-0.39, 0.29) is 17.9 Å². The van der Waals surface area contributed by atoms with E-state index in [1.807, 2.05) is 32.0 Å². The second-order valence-electron chi connectivity index (χ2n) is 5.55. The van der Waals surface area contributed by atoms with Crippen LogP contribution in [-0.2, 0) is 4.74 Å². The Morgan fingerprint density at radius 1 is 1.45 bits per heavy atom. The molecule has 4 nitrogen and oxygen atoms in total. The zero-order valence-electron chi connectivity index (χ0n) is 12.7. The Bertz CT molecular complexity index is 487. The van der Waals surface area contributed by atoms with Crippen molar-refractivity contribution in [1.82, 2.24) is 4.90 Å². The number of hydrogen-bond donors (Lipinski definition) is 0. The minimum atomic E-state index is 0.0998. The maximum Gasteiger partial charge on any atom is 0.180 e. The highest BCUT2D eigenvalue weighted by Gasteiger charge is 2.26. The predicted molar refractivity (Wildman–Crippen MR) is 78.5 cm³/mol. The molecule has 0 saturated carbocycles. The fourth-order valence-electron chi connectivity index (χ4n) is 2.49. The minimum Gasteiger partial charge on any atom is -0.496 e. The summed E-state index contributed by atoms with van der Waals surface area (Å²) < 4.78 is 10.9. The van der Waals surface area contributed by atoms with Crippen molar-refractivity contribution < 1.29 is 14.3 Å². The average molecular weight is 277 g/mol. The average Bonchev–Trinajstić information content (AvgIpc) is 2.42. The molecule has 0 aliphatic carbocycles. The summed E-state index contributed by atoms with van der Waals surface area (Å²) in [6, 6.07) is 5.97. The zero-order chi connectivity index (χ0) is 14.7. The number of methoxy groups -OCH3 is 1. The molecular weight excluding hydrogens is 254 g/mol. The summed E-state index contributed by atoms with van der Waals surface area (Å²) in [5.74, 6) is 0.756. The number of aryl methyl sites for hydroxylation is 1. The van der Waals surface area contributed by atoms with Crippen LogP contribution in [0.25, 0.3) is 0 Å². The van der Waals surface area contributed by atoms with Crippen molar-refractivity contribution in [2.75, 3.05) is 26.8 Å². The van der Waals surface area contributed by atoms with Gasteiger partial charge < -0.3 is 9.47 Å². The van der Waals surface area contributed by atoms with E-state index in [1.54, 1.807) is 7.11 Å². The first-order valence-corrected chi connectivity index (χ1v) is 7.04. The molecule has 1 fully saturated rings. The fraction of sp³-hybridized carbons (Fsp3) is 0.562. The Morgan fingerprint density at radius 2 is 2.20 bits per heavy atom. The van der Waals surface area contributed by atoms with Gasteiger partial charge in [0.05, 0.1) is 31.9 Å². The Labute approximate surface area is 120 Å². The van der Waals surface area contributed by atoms with Crippen molar-refractivity contribution >= 4 is 5.78 Å². The third-order valence-corrected chi connectivity index (χ3v) is 3.74. The number of carbonyl (C=O) groups excluding carboxylic acids is 1. The maximum atomic E-state index is 12.5. The molecule has 20 heavy (non-hydrogen) atoms. The number of rotatable bonds is 4. The molecule has 1 aromatic rings. The molecule has 1 saturated heterocycles. The first-order chi connectivity index (χ1) is 9.51. The van der Waals surface area contributed by atoms with Crippen LogP contribution in [0.5, 0.6) is 5.75 Å². The van der Waals surface area contributed by atoms with Gasteiger partial charge in [-0.15, -0.1) is 0 Å². The molecule has 0 amide bonds. The summed E-state index contributed by atoms with van der Waals surface area (Å²) in [7, 11) is 1.60. The third kappa shape index (κ3) is 3.38. The second kappa shape index (κ2) is 6.37. The van der Waals surface area contributed by atoms with Crippen molar-refractivity contribution in [3.05, 3.63) is 29.3 Å². The van der Waals surface area contributed by atoms with Gasteiger partial charge in [0.25, 0.3) is 0 Å². The van der Waals surface area contributed by atoms with E-state index in [9.17, 15) is 4.79 Å². The van der Waals surface area contributed by atoms with Crippen molar-refractivity contribution in [2.24, 2.45) is 0 Å². The van der Waals surface area contributed by atoms with Crippen LogP contribution in [0.15, 0.2) is 18.2 Å². The highest BCUT2D eigenvalue weighted by molar-refractivity contribution is 6.00. The van der Waals surface area contributed by atoms with Crippen LogP contribution in [0, 0.1) is 6.92 Å². The number of ether oxygens (including phenoxy) is 2. The number of nitrogens with zero attached hydrogens (tertiary/aromatic N) is 1. The molecule has 1 aliphatic rings. The fourth-order valence-corrected chi connectivity index (χ4v) is 2.49. The van der Waals surface area contributed by atoms with Crippen molar-refractivity contribution in [3.63, 3.8) is 0 Å². The van der Waals surface area contributed by atoms with Gasteiger partial charge in [0.15, 0.2) is 5.78 Å². The van der Waals surface area contributed by atoms with Gasteiger partial charge in [0, 0.05) is 12.6 Å². The van der Waals surface area contributed by atoms with Gasteiger partial charge in [0.2, 0.25) is 0 Å². The number of ketones is 1. The maximum absolute atomic E-state index is 12.5. The first-order valence-electron chi connectivity index (χ1n) is 7.04. The molecule has 110 valence electrons. The summed E-state index contributed by atoms with van der Waals surface area (Å²) in [6.45, 7) is 8.00. The Morgan fingerprint density at radius 3 is 2.90 bits per heavy atom. The topological polar surface area (TPSA) is 38.8 Å². The molecule has 4 heteroatoms. The third-order valence-electron chi connectivity index (χ3n) is 3.74. The molecule has 2 unspecified atom stereocenters. The lowest BCUT2D eigenvalue weighted by Gasteiger charge is -2.36. The normalized spacial score (nSPS) is 23.6. The quantitative estimate of drug-likeness (QED) is 0.792. The lowest BCUT2D eigenvalue weighted by molar-refractivity contribution is -0.0460. The second-order valence-corrected chi connectivity index (χ2v) is 5.55. The molecule has 0 N–H and O–H groups in total. The number of morpholine rings is 1. The summed E-state index contributed by atoms with van der Waals surface area (Å²) in [5.41, 5.74) is 1.75. The van der Waals surface area contributed by atoms with Crippen molar-refractivity contribution in [2.45, 2.75) is 32.9 Å².